The first-order valence-corrected chi connectivity index (χ1v) is 12.4. The van der Waals surface area contributed by atoms with Crippen molar-refractivity contribution in [1.82, 2.24) is 19.5 Å². The van der Waals surface area contributed by atoms with E-state index in [2.05, 4.69) is 32.1 Å². The zero-order chi connectivity index (χ0) is 26.9. The fraction of sp³-hybridized carbons (Fsp3) is 0.286. The Labute approximate surface area is 218 Å². The monoisotopic (exact) mass is 520 g/mol. The molecule has 2 heterocycles. The first-order chi connectivity index (χ1) is 18.2. The van der Waals surface area contributed by atoms with Gasteiger partial charge < -0.3 is 14.8 Å². The van der Waals surface area contributed by atoms with Crippen LogP contribution in [0, 0.1) is 6.92 Å². The van der Waals surface area contributed by atoms with E-state index < -0.39 is 17.6 Å². The van der Waals surface area contributed by atoms with Gasteiger partial charge in [0.05, 0.1) is 35.7 Å². The fourth-order valence-corrected chi connectivity index (χ4v) is 4.92. The molecule has 1 N–H and O–H groups in total. The Morgan fingerprint density at radius 3 is 2.55 bits per heavy atom. The van der Waals surface area contributed by atoms with Gasteiger partial charge in [0.1, 0.15) is 6.33 Å². The summed E-state index contributed by atoms with van der Waals surface area (Å²) in [5.41, 5.74) is 3.69. The van der Waals surface area contributed by atoms with Crippen LogP contribution in [0.25, 0.3) is 5.69 Å². The number of aryl methyl sites for hydroxylation is 1. The molecule has 0 aliphatic heterocycles. The number of carbonyl (C=O) groups excluding carboxylic acids is 1. The molecule has 0 unspecified atom stereocenters. The lowest BCUT2D eigenvalue weighted by Crippen LogP contribution is -2.36. The third kappa shape index (κ3) is 5.39. The molecule has 1 amide bonds. The number of aromatic nitrogens is 4. The molecule has 0 bridgehead atoms. The Bertz CT molecular complexity index is 1450. The molecule has 0 saturated heterocycles. The summed E-state index contributed by atoms with van der Waals surface area (Å²) in [5.74, 6) is -0.467. The molecule has 2 aromatic carbocycles. The second-order valence-electron chi connectivity index (χ2n) is 9.48. The zero-order valence-corrected chi connectivity index (χ0v) is 21.0. The molecule has 0 fully saturated rings. The smallest absolute Gasteiger partial charge is 0.365 e. The second kappa shape index (κ2) is 10.3. The number of hydrogen-bond donors (Lipinski definition) is 1. The maximum atomic E-state index is 13.6. The van der Waals surface area contributed by atoms with Gasteiger partial charge in [-0.3, -0.25) is 4.79 Å². The highest BCUT2D eigenvalue weighted by Crippen LogP contribution is 2.34. The van der Waals surface area contributed by atoms with Crippen LogP contribution in [-0.2, 0) is 19.0 Å². The van der Waals surface area contributed by atoms with Gasteiger partial charge in [0, 0.05) is 35.7 Å². The molecule has 38 heavy (non-hydrogen) atoms. The van der Waals surface area contributed by atoms with Crippen molar-refractivity contribution in [3.63, 3.8) is 0 Å². The quantitative estimate of drug-likeness (QED) is 0.342. The van der Waals surface area contributed by atoms with Crippen molar-refractivity contribution in [1.29, 1.82) is 0 Å². The van der Waals surface area contributed by atoms with Crippen LogP contribution in [0.5, 0.6) is 0 Å². The minimum absolute atomic E-state index is 0.0581. The normalized spacial score (nSPS) is 14.8. The Balaban J connectivity index is 1.37. The summed E-state index contributed by atoms with van der Waals surface area (Å²) in [6.45, 7) is 4.72. The second-order valence-corrected chi connectivity index (χ2v) is 9.48. The predicted molar refractivity (Wildman–Crippen MR) is 139 cm³/mol. The number of fused-ring (bicyclic) bond motifs is 1. The number of rotatable bonds is 7. The van der Waals surface area contributed by atoms with Gasteiger partial charge in [-0.25, -0.2) is 15.0 Å². The number of alkyl halides is 3. The third-order valence-electron chi connectivity index (χ3n) is 6.68. The molecule has 4 aromatic rings. The fourth-order valence-electron chi connectivity index (χ4n) is 4.92. The number of benzene rings is 2. The highest BCUT2D eigenvalue weighted by Gasteiger charge is 2.32. The van der Waals surface area contributed by atoms with Gasteiger partial charge in [-0.2, -0.15) is 13.2 Å². The molecule has 1 aliphatic rings. The molecular formula is C28H27F3N6O. The average molecular weight is 521 g/mol. The molecule has 0 radical (unpaired) electrons. The van der Waals surface area contributed by atoms with Crippen molar-refractivity contribution in [3.8, 4) is 5.69 Å². The summed E-state index contributed by atoms with van der Waals surface area (Å²) in [6, 6.07) is 9.18. The number of nitrogens with zero attached hydrogens (tertiary/aromatic N) is 5. The van der Waals surface area contributed by atoms with E-state index >= 15 is 0 Å². The molecule has 1 atom stereocenters. The van der Waals surface area contributed by atoms with Crippen molar-refractivity contribution in [2.75, 3.05) is 16.8 Å². The Morgan fingerprint density at radius 2 is 1.87 bits per heavy atom. The van der Waals surface area contributed by atoms with Gasteiger partial charge in [-0.05, 0) is 67.6 Å². The number of halogens is 3. The van der Waals surface area contributed by atoms with Gasteiger partial charge in [0.15, 0.2) is 0 Å². The van der Waals surface area contributed by atoms with Crippen LogP contribution in [-0.4, -0.2) is 38.0 Å². The van der Waals surface area contributed by atoms with Crippen LogP contribution in [0.1, 0.15) is 46.1 Å². The van der Waals surface area contributed by atoms with Gasteiger partial charge in [0.25, 0.3) is 5.91 Å². The number of amides is 1. The molecular weight excluding hydrogens is 493 g/mol. The average Bonchev–Trinajstić information content (AvgIpc) is 3.52. The highest BCUT2D eigenvalue weighted by atomic mass is 19.4. The van der Waals surface area contributed by atoms with Crippen molar-refractivity contribution in [3.05, 3.63) is 95.6 Å². The van der Waals surface area contributed by atoms with Gasteiger partial charge in [0.2, 0.25) is 0 Å². The van der Waals surface area contributed by atoms with Crippen molar-refractivity contribution in [2.45, 2.75) is 45.3 Å². The number of hydrogen-bond acceptors (Lipinski definition) is 5. The molecule has 7 nitrogen and oxygen atoms in total. The van der Waals surface area contributed by atoms with Gasteiger partial charge >= 0.3 is 6.18 Å². The van der Waals surface area contributed by atoms with Crippen molar-refractivity contribution in [2.24, 2.45) is 0 Å². The Morgan fingerprint density at radius 1 is 1.11 bits per heavy atom. The lowest BCUT2D eigenvalue weighted by molar-refractivity contribution is -0.137. The lowest BCUT2D eigenvalue weighted by atomic mass is 10.1. The number of nitrogens with one attached hydrogen (secondary N) is 1. The standard InChI is InChI=1S/C28H27F3N6O/c1-3-6-37(26-13-32-16-33-14-26)25-8-19-4-5-20(7-21(19)9-25)27(38)35-23-10-22(28(29,30)31)11-24(12-23)36-15-18(2)34-17-36/h4-5,7,10-17,25H,3,6,8-9H2,1-2H3,(H,35,38)/t25-/m1/s1. The summed E-state index contributed by atoms with van der Waals surface area (Å²) in [7, 11) is 0. The van der Waals surface area contributed by atoms with Crippen molar-refractivity contribution < 1.29 is 18.0 Å². The van der Waals surface area contributed by atoms with Crippen LogP contribution < -0.4 is 10.2 Å². The van der Waals surface area contributed by atoms with Gasteiger partial charge in [-0.1, -0.05) is 13.0 Å². The molecule has 5 rings (SSSR count). The maximum Gasteiger partial charge on any atom is 0.416 e. The van der Waals surface area contributed by atoms with Crippen LogP contribution in [0.4, 0.5) is 24.5 Å². The molecule has 1 aliphatic carbocycles. The summed E-state index contributed by atoms with van der Waals surface area (Å²) in [4.78, 5) is 27.8. The Kier molecular flexibility index (Phi) is 6.88. The zero-order valence-electron chi connectivity index (χ0n) is 21.0. The van der Waals surface area contributed by atoms with E-state index in [0.29, 0.717) is 11.3 Å². The summed E-state index contributed by atoms with van der Waals surface area (Å²) in [5, 5.41) is 2.66. The SMILES string of the molecule is CCCN(c1cncnc1)[C@@H]1Cc2ccc(C(=O)Nc3cc(-n4cnc(C)c4)cc(C(F)(F)F)c3)cc2C1. The van der Waals surface area contributed by atoms with Crippen molar-refractivity contribution >= 4 is 17.3 Å². The molecule has 0 saturated carbocycles. The minimum atomic E-state index is -4.57. The maximum absolute atomic E-state index is 13.6. The van der Waals surface area contributed by atoms with E-state index in [-0.39, 0.29) is 17.4 Å². The first kappa shape index (κ1) is 25.4. The summed E-state index contributed by atoms with van der Waals surface area (Å²) < 4.78 is 42.3. The van der Waals surface area contributed by atoms with E-state index in [1.807, 2.05) is 12.1 Å². The topological polar surface area (TPSA) is 75.9 Å². The van der Waals surface area contributed by atoms with E-state index in [1.165, 1.54) is 23.3 Å². The van der Waals surface area contributed by atoms with Crippen LogP contribution in [0.15, 0.2) is 67.6 Å². The van der Waals surface area contributed by atoms with Crippen LogP contribution in [0.2, 0.25) is 0 Å². The molecule has 196 valence electrons. The summed E-state index contributed by atoms with van der Waals surface area (Å²) >= 11 is 0. The van der Waals surface area contributed by atoms with Gasteiger partial charge in [-0.15, -0.1) is 0 Å². The number of carbonyl (C=O) groups is 1. The molecule has 10 heteroatoms. The third-order valence-corrected chi connectivity index (χ3v) is 6.68. The van der Waals surface area contributed by atoms with E-state index in [9.17, 15) is 18.0 Å². The lowest BCUT2D eigenvalue weighted by Gasteiger charge is -2.30. The minimum Gasteiger partial charge on any atom is -0.365 e. The summed E-state index contributed by atoms with van der Waals surface area (Å²) in [6.07, 6.45) is 6.16. The van der Waals surface area contributed by atoms with E-state index in [4.69, 9.17) is 0 Å². The van der Waals surface area contributed by atoms with E-state index in [1.54, 1.807) is 31.6 Å². The Hall–Kier alpha value is -4.21. The number of anilines is 2. The van der Waals surface area contributed by atoms with Crippen LogP contribution >= 0.6 is 0 Å². The molecule has 2 aromatic heterocycles. The largest absolute Gasteiger partial charge is 0.416 e. The highest BCUT2D eigenvalue weighted by molar-refractivity contribution is 6.04. The molecule has 0 spiro atoms. The predicted octanol–water partition coefficient (Wildman–Crippen LogP) is 5.63. The number of imidazole rings is 1. The van der Waals surface area contributed by atoms with Crippen LogP contribution in [0.3, 0.4) is 0 Å². The van der Waals surface area contributed by atoms with E-state index in [0.717, 1.165) is 54.8 Å². The first-order valence-electron chi connectivity index (χ1n) is 12.4.